The van der Waals surface area contributed by atoms with Crippen LogP contribution in [-0.2, 0) is 0 Å². The van der Waals surface area contributed by atoms with Crippen LogP contribution in [0.4, 0.5) is 5.69 Å². The van der Waals surface area contributed by atoms with Gasteiger partial charge in [-0.25, -0.2) is 0 Å². The van der Waals surface area contributed by atoms with Gasteiger partial charge in [-0.15, -0.1) is 0 Å². The summed E-state index contributed by atoms with van der Waals surface area (Å²) in [5, 5.41) is 9.54. The topological polar surface area (TPSA) is 35.8 Å². The number of hydrogen-bond acceptors (Lipinski definition) is 3. The molecule has 0 unspecified atom stereocenters. The minimum Gasteiger partial charge on any atom is -0.506 e. The molecule has 0 atom stereocenters. The van der Waals surface area contributed by atoms with E-state index in [-0.39, 0.29) is 5.75 Å². The molecule has 0 aromatic heterocycles. The molecule has 0 radical (unpaired) electrons. The molecule has 0 saturated heterocycles. The summed E-state index contributed by atoms with van der Waals surface area (Å²) >= 11 is 0. The molecular weight excluding hydrogens is 164 g/mol. The van der Waals surface area contributed by atoms with Gasteiger partial charge in [-0.2, -0.15) is 0 Å². The summed E-state index contributed by atoms with van der Waals surface area (Å²) in [4.78, 5) is 5.96. The molecule has 0 aliphatic carbocycles. The Morgan fingerprint density at radius 1 is 1.31 bits per heavy atom. The molecule has 0 amide bonds. The number of phenolic OH excluding ortho intramolecular Hbond substituents is 1. The molecule has 1 aromatic rings. The Hall–Kier alpha value is -1.77. The number of para-hydroxylation sites is 2. The minimum atomic E-state index is 0.282. The number of hydrogen-bond donors (Lipinski definition) is 1. The first-order chi connectivity index (χ1) is 6.38. The van der Waals surface area contributed by atoms with Crippen LogP contribution in [-0.4, -0.2) is 18.0 Å². The Balaban J connectivity index is 2.30. The molecule has 3 heteroatoms. The van der Waals surface area contributed by atoms with Gasteiger partial charge in [0.2, 0.25) is 0 Å². The summed E-state index contributed by atoms with van der Waals surface area (Å²) in [5.74, 6) is 0.282. The molecule has 13 heavy (non-hydrogen) atoms. The molecular formula is C10H10N2O. The van der Waals surface area contributed by atoms with E-state index in [2.05, 4.69) is 4.99 Å². The second-order valence-corrected chi connectivity index (χ2v) is 2.77. The second-order valence-electron chi connectivity index (χ2n) is 2.77. The van der Waals surface area contributed by atoms with E-state index in [1.807, 2.05) is 29.3 Å². The van der Waals surface area contributed by atoms with Crippen molar-refractivity contribution in [3.05, 3.63) is 36.5 Å². The molecule has 1 aliphatic rings. The van der Waals surface area contributed by atoms with Gasteiger partial charge in [0.1, 0.15) is 12.4 Å². The van der Waals surface area contributed by atoms with Gasteiger partial charge in [0, 0.05) is 12.4 Å². The number of phenols is 1. The number of aromatic hydroxyl groups is 1. The van der Waals surface area contributed by atoms with Crippen LogP contribution in [0.3, 0.4) is 0 Å². The second kappa shape index (κ2) is 3.31. The molecule has 1 aliphatic heterocycles. The van der Waals surface area contributed by atoms with Crippen LogP contribution in [0.15, 0.2) is 41.5 Å². The number of nitrogens with zero attached hydrogens (tertiary/aromatic N) is 2. The van der Waals surface area contributed by atoms with E-state index in [0.717, 1.165) is 5.69 Å². The average Bonchev–Trinajstić information content (AvgIpc) is 2.20. The predicted molar refractivity (Wildman–Crippen MR) is 53.1 cm³/mol. The summed E-state index contributed by atoms with van der Waals surface area (Å²) in [5.41, 5.74) is 0.788. The van der Waals surface area contributed by atoms with Crippen molar-refractivity contribution in [2.24, 2.45) is 4.99 Å². The van der Waals surface area contributed by atoms with Gasteiger partial charge >= 0.3 is 0 Å². The van der Waals surface area contributed by atoms with Crippen molar-refractivity contribution in [2.75, 3.05) is 11.6 Å². The van der Waals surface area contributed by atoms with Crippen LogP contribution in [0.25, 0.3) is 0 Å². The van der Waals surface area contributed by atoms with Gasteiger partial charge < -0.3 is 10.0 Å². The Morgan fingerprint density at radius 3 is 2.85 bits per heavy atom. The first kappa shape index (κ1) is 7.86. The smallest absolute Gasteiger partial charge is 0.139 e. The van der Waals surface area contributed by atoms with Crippen LogP contribution < -0.4 is 4.90 Å². The summed E-state index contributed by atoms with van der Waals surface area (Å²) in [6, 6.07) is 7.22. The van der Waals surface area contributed by atoms with Crippen molar-refractivity contribution in [2.45, 2.75) is 0 Å². The lowest BCUT2D eigenvalue weighted by Gasteiger charge is -2.20. The van der Waals surface area contributed by atoms with Crippen molar-refractivity contribution < 1.29 is 5.11 Å². The van der Waals surface area contributed by atoms with E-state index in [0.29, 0.717) is 6.67 Å². The third kappa shape index (κ3) is 1.54. The molecule has 2 rings (SSSR count). The van der Waals surface area contributed by atoms with Crippen LogP contribution in [0, 0.1) is 0 Å². The highest BCUT2D eigenvalue weighted by Crippen LogP contribution is 2.26. The fourth-order valence-electron chi connectivity index (χ4n) is 1.25. The van der Waals surface area contributed by atoms with Crippen molar-refractivity contribution in [1.29, 1.82) is 0 Å². The monoisotopic (exact) mass is 174 g/mol. The van der Waals surface area contributed by atoms with E-state index in [1.165, 1.54) is 0 Å². The number of aliphatic imine (C=N–C) groups is 1. The Bertz CT molecular complexity index is 358. The zero-order valence-corrected chi connectivity index (χ0v) is 7.09. The SMILES string of the molecule is Oc1ccccc1N1C=CC=NC1. The Labute approximate surface area is 76.6 Å². The molecule has 0 bridgehead atoms. The van der Waals surface area contributed by atoms with Crippen molar-refractivity contribution in [1.82, 2.24) is 0 Å². The fraction of sp³-hybridized carbons (Fsp3) is 0.100. The van der Waals surface area contributed by atoms with Crippen molar-refractivity contribution >= 4 is 11.9 Å². The van der Waals surface area contributed by atoms with Crippen LogP contribution in [0.2, 0.25) is 0 Å². The fourth-order valence-corrected chi connectivity index (χ4v) is 1.25. The number of anilines is 1. The van der Waals surface area contributed by atoms with Gasteiger partial charge in [0.05, 0.1) is 5.69 Å². The lowest BCUT2D eigenvalue weighted by molar-refractivity contribution is 0.475. The molecule has 66 valence electrons. The van der Waals surface area contributed by atoms with Gasteiger partial charge in [-0.05, 0) is 18.2 Å². The van der Waals surface area contributed by atoms with E-state index >= 15 is 0 Å². The first-order valence-corrected chi connectivity index (χ1v) is 4.09. The number of benzene rings is 1. The van der Waals surface area contributed by atoms with Gasteiger partial charge in [-0.1, -0.05) is 12.1 Å². The van der Waals surface area contributed by atoms with Crippen molar-refractivity contribution in [3.8, 4) is 5.75 Å². The lowest BCUT2D eigenvalue weighted by atomic mass is 10.2. The van der Waals surface area contributed by atoms with E-state index in [1.54, 1.807) is 18.3 Å². The Kier molecular flexibility index (Phi) is 2.00. The molecule has 0 fully saturated rings. The zero-order valence-electron chi connectivity index (χ0n) is 7.09. The van der Waals surface area contributed by atoms with E-state index in [9.17, 15) is 5.11 Å². The van der Waals surface area contributed by atoms with Gasteiger partial charge in [-0.3, -0.25) is 4.99 Å². The van der Waals surface area contributed by atoms with Crippen molar-refractivity contribution in [3.63, 3.8) is 0 Å². The lowest BCUT2D eigenvalue weighted by Crippen LogP contribution is -2.18. The predicted octanol–water partition coefficient (Wildman–Crippen LogP) is 1.75. The maximum absolute atomic E-state index is 9.54. The Morgan fingerprint density at radius 2 is 2.15 bits per heavy atom. The zero-order chi connectivity index (χ0) is 9.10. The molecule has 1 N–H and O–H groups in total. The molecule has 0 saturated carbocycles. The van der Waals surface area contributed by atoms with Gasteiger partial charge in [0.15, 0.2) is 0 Å². The molecule has 1 heterocycles. The highest BCUT2D eigenvalue weighted by Gasteiger charge is 2.07. The normalized spacial score (nSPS) is 14.9. The average molecular weight is 174 g/mol. The highest BCUT2D eigenvalue weighted by molar-refractivity contribution is 5.74. The minimum absolute atomic E-state index is 0.282. The van der Waals surface area contributed by atoms with Crippen LogP contribution in [0.1, 0.15) is 0 Å². The summed E-state index contributed by atoms with van der Waals surface area (Å²) < 4.78 is 0. The molecule has 0 spiro atoms. The standard InChI is InChI=1S/C10H10N2O/c13-10-5-2-1-4-9(10)12-7-3-6-11-8-12/h1-7,13H,8H2. The summed E-state index contributed by atoms with van der Waals surface area (Å²) in [7, 11) is 0. The molecule has 1 aromatic carbocycles. The number of rotatable bonds is 1. The first-order valence-electron chi connectivity index (χ1n) is 4.09. The molecule has 3 nitrogen and oxygen atoms in total. The summed E-state index contributed by atoms with van der Waals surface area (Å²) in [6.07, 6.45) is 5.48. The number of allylic oxidation sites excluding steroid dienone is 1. The highest BCUT2D eigenvalue weighted by atomic mass is 16.3. The van der Waals surface area contributed by atoms with E-state index in [4.69, 9.17) is 0 Å². The van der Waals surface area contributed by atoms with Crippen LogP contribution >= 0.6 is 0 Å². The third-order valence-electron chi connectivity index (χ3n) is 1.88. The summed E-state index contributed by atoms with van der Waals surface area (Å²) in [6.45, 7) is 0.564. The maximum atomic E-state index is 9.54. The van der Waals surface area contributed by atoms with Gasteiger partial charge in [0.25, 0.3) is 0 Å². The largest absolute Gasteiger partial charge is 0.506 e. The van der Waals surface area contributed by atoms with Crippen LogP contribution in [0.5, 0.6) is 5.75 Å². The van der Waals surface area contributed by atoms with E-state index < -0.39 is 0 Å². The third-order valence-corrected chi connectivity index (χ3v) is 1.88. The quantitative estimate of drug-likeness (QED) is 0.704. The maximum Gasteiger partial charge on any atom is 0.139 e.